The molecule has 1 fully saturated rings. The van der Waals surface area contributed by atoms with Crippen molar-refractivity contribution in [1.82, 2.24) is 10.2 Å². The number of benzene rings is 1. The van der Waals surface area contributed by atoms with Gasteiger partial charge in [-0.05, 0) is 55.8 Å². The Morgan fingerprint density at radius 1 is 1.22 bits per heavy atom. The van der Waals surface area contributed by atoms with E-state index >= 15 is 0 Å². The number of carbonyl (C=O) groups is 1. The molecule has 0 aliphatic carbocycles. The number of carbonyl (C=O) groups excluding carboxylic acids is 1. The molecule has 2 rings (SSSR count). The Kier molecular flexibility index (Phi) is 7.10. The molecule has 0 aromatic heterocycles. The zero-order chi connectivity index (χ0) is 16.7. The Morgan fingerprint density at radius 2 is 1.87 bits per heavy atom. The second kappa shape index (κ2) is 9.07. The van der Waals surface area contributed by atoms with Crippen LogP contribution >= 0.6 is 0 Å². The van der Waals surface area contributed by atoms with Crippen molar-refractivity contribution in [2.75, 3.05) is 19.6 Å². The van der Waals surface area contributed by atoms with E-state index in [0.717, 1.165) is 45.3 Å². The normalized spacial score (nSPS) is 15.8. The van der Waals surface area contributed by atoms with Gasteiger partial charge in [0, 0.05) is 19.0 Å². The second-order valence-electron chi connectivity index (χ2n) is 6.96. The van der Waals surface area contributed by atoms with Gasteiger partial charge in [-0.2, -0.15) is 0 Å². The molecule has 1 N–H and O–H groups in total. The number of amides is 1. The van der Waals surface area contributed by atoms with Crippen molar-refractivity contribution in [3.63, 3.8) is 0 Å². The van der Waals surface area contributed by atoms with Gasteiger partial charge >= 0.3 is 0 Å². The van der Waals surface area contributed by atoms with E-state index in [-0.39, 0.29) is 0 Å². The van der Waals surface area contributed by atoms with Crippen molar-refractivity contribution in [2.24, 2.45) is 0 Å². The van der Waals surface area contributed by atoms with Gasteiger partial charge in [-0.25, -0.2) is 0 Å². The van der Waals surface area contributed by atoms with Crippen molar-refractivity contribution in [2.45, 2.75) is 64.8 Å². The quantitative estimate of drug-likeness (QED) is 0.831. The Morgan fingerprint density at radius 3 is 2.43 bits per heavy atom. The zero-order valence-electron chi connectivity index (χ0n) is 15.0. The van der Waals surface area contributed by atoms with Crippen LogP contribution in [0.25, 0.3) is 0 Å². The average molecular weight is 316 g/mol. The highest BCUT2D eigenvalue weighted by molar-refractivity contribution is 5.76. The molecule has 3 heteroatoms. The Hall–Kier alpha value is -1.35. The molecule has 1 saturated heterocycles. The number of aryl methyl sites for hydroxylation is 1. The van der Waals surface area contributed by atoms with Gasteiger partial charge in [0.05, 0.1) is 0 Å². The summed E-state index contributed by atoms with van der Waals surface area (Å²) in [5.74, 6) is 0.886. The third-order valence-corrected chi connectivity index (χ3v) is 4.81. The van der Waals surface area contributed by atoms with Crippen molar-refractivity contribution in [3.05, 3.63) is 35.4 Å². The summed E-state index contributed by atoms with van der Waals surface area (Å²) in [5.41, 5.74) is 2.63. The van der Waals surface area contributed by atoms with E-state index in [1.807, 2.05) is 0 Å². The van der Waals surface area contributed by atoms with Crippen LogP contribution in [0.5, 0.6) is 0 Å². The molecule has 1 heterocycles. The molecular formula is C20H32N2O. The fourth-order valence-electron chi connectivity index (χ4n) is 3.33. The number of nitrogens with zero attached hydrogens (tertiary/aromatic N) is 1. The van der Waals surface area contributed by atoms with Gasteiger partial charge in [-0.3, -0.25) is 4.79 Å². The van der Waals surface area contributed by atoms with E-state index in [1.165, 1.54) is 11.1 Å². The summed E-state index contributed by atoms with van der Waals surface area (Å²) in [6.45, 7) is 9.55. The first-order chi connectivity index (χ1) is 11.1. The van der Waals surface area contributed by atoms with Gasteiger partial charge in [0.25, 0.3) is 0 Å². The smallest absolute Gasteiger partial charge is 0.223 e. The molecule has 0 unspecified atom stereocenters. The molecule has 0 spiro atoms. The Labute approximate surface area is 141 Å². The predicted octanol–water partition coefficient (Wildman–Crippen LogP) is 3.73. The zero-order valence-corrected chi connectivity index (χ0v) is 15.0. The van der Waals surface area contributed by atoms with E-state index in [2.05, 4.69) is 55.3 Å². The van der Waals surface area contributed by atoms with Gasteiger partial charge in [-0.15, -0.1) is 0 Å². The van der Waals surface area contributed by atoms with E-state index in [0.29, 0.717) is 24.3 Å². The van der Waals surface area contributed by atoms with Crippen LogP contribution in [0.3, 0.4) is 0 Å². The van der Waals surface area contributed by atoms with Crippen LogP contribution in [0.2, 0.25) is 0 Å². The van der Waals surface area contributed by atoms with E-state index in [4.69, 9.17) is 0 Å². The number of rotatable bonds is 7. The fraction of sp³-hybridized carbons (Fsp3) is 0.650. The minimum absolute atomic E-state index is 0.326. The van der Waals surface area contributed by atoms with Crippen LogP contribution in [0.15, 0.2) is 24.3 Å². The molecule has 0 radical (unpaired) electrons. The molecule has 1 aliphatic rings. The molecular weight excluding hydrogens is 284 g/mol. The Bertz CT molecular complexity index is 475. The third-order valence-electron chi connectivity index (χ3n) is 4.81. The topological polar surface area (TPSA) is 32.3 Å². The molecule has 128 valence electrons. The van der Waals surface area contributed by atoms with Gasteiger partial charge < -0.3 is 10.2 Å². The molecule has 23 heavy (non-hydrogen) atoms. The van der Waals surface area contributed by atoms with Gasteiger partial charge in [0.1, 0.15) is 0 Å². The molecule has 1 amide bonds. The summed E-state index contributed by atoms with van der Waals surface area (Å²) in [6.07, 6.45) is 4.70. The predicted molar refractivity (Wildman–Crippen MR) is 96.7 cm³/mol. The maximum Gasteiger partial charge on any atom is 0.223 e. The molecule has 1 aromatic rings. The Balaban J connectivity index is 1.90. The molecule has 1 aliphatic heterocycles. The van der Waals surface area contributed by atoms with Crippen LogP contribution in [0.1, 0.15) is 63.5 Å². The fourth-order valence-corrected chi connectivity index (χ4v) is 3.33. The van der Waals surface area contributed by atoms with Crippen molar-refractivity contribution >= 4 is 5.91 Å². The molecule has 3 nitrogen and oxygen atoms in total. The number of hydrogen-bond acceptors (Lipinski definition) is 2. The maximum absolute atomic E-state index is 12.7. The van der Waals surface area contributed by atoms with Crippen LogP contribution in [-0.2, 0) is 11.2 Å². The highest BCUT2D eigenvalue weighted by Crippen LogP contribution is 2.17. The van der Waals surface area contributed by atoms with Gasteiger partial charge in [0.2, 0.25) is 5.91 Å². The highest BCUT2D eigenvalue weighted by Gasteiger charge is 2.24. The van der Waals surface area contributed by atoms with Crippen molar-refractivity contribution in [3.8, 4) is 0 Å². The first-order valence-corrected chi connectivity index (χ1v) is 9.20. The lowest BCUT2D eigenvalue weighted by molar-refractivity contribution is -0.134. The van der Waals surface area contributed by atoms with Gasteiger partial charge in [0.15, 0.2) is 0 Å². The van der Waals surface area contributed by atoms with E-state index < -0.39 is 0 Å². The van der Waals surface area contributed by atoms with Gasteiger partial charge in [-0.1, -0.05) is 45.0 Å². The number of nitrogens with one attached hydrogen (secondary N) is 1. The average Bonchev–Trinajstić information content (AvgIpc) is 2.58. The van der Waals surface area contributed by atoms with Crippen LogP contribution < -0.4 is 5.32 Å². The number of piperidine rings is 1. The highest BCUT2D eigenvalue weighted by atomic mass is 16.2. The molecule has 0 bridgehead atoms. The minimum Gasteiger partial charge on any atom is -0.340 e. The monoisotopic (exact) mass is 316 g/mol. The van der Waals surface area contributed by atoms with Crippen LogP contribution in [0, 0.1) is 0 Å². The lowest BCUT2D eigenvalue weighted by Gasteiger charge is -2.34. The summed E-state index contributed by atoms with van der Waals surface area (Å²) in [6, 6.07) is 9.18. The molecule has 0 atom stereocenters. The summed E-state index contributed by atoms with van der Waals surface area (Å²) in [4.78, 5) is 14.8. The summed E-state index contributed by atoms with van der Waals surface area (Å²) >= 11 is 0. The third kappa shape index (κ3) is 5.35. The first-order valence-electron chi connectivity index (χ1n) is 9.20. The van der Waals surface area contributed by atoms with Crippen LogP contribution in [-0.4, -0.2) is 36.5 Å². The van der Waals surface area contributed by atoms with E-state index in [1.54, 1.807) is 0 Å². The summed E-state index contributed by atoms with van der Waals surface area (Å²) in [7, 11) is 0. The van der Waals surface area contributed by atoms with Crippen molar-refractivity contribution < 1.29 is 4.79 Å². The lowest BCUT2D eigenvalue weighted by atomic mass is 9.99. The molecule has 1 aromatic carbocycles. The summed E-state index contributed by atoms with van der Waals surface area (Å²) < 4.78 is 0. The standard InChI is InChI=1S/C20H32N2O/c1-4-15-22(19-11-13-21-14-12-19)20(23)10-7-17-5-8-18(9-6-17)16(2)3/h5-6,8-9,16,19,21H,4,7,10-15H2,1-3H3. The van der Waals surface area contributed by atoms with E-state index in [9.17, 15) is 4.79 Å². The second-order valence-corrected chi connectivity index (χ2v) is 6.96. The lowest BCUT2D eigenvalue weighted by Crippen LogP contribution is -2.46. The summed E-state index contributed by atoms with van der Waals surface area (Å²) in [5, 5.41) is 3.38. The first kappa shape index (κ1) is 18.0. The van der Waals surface area contributed by atoms with Crippen LogP contribution in [0.4, 0.5) is 0 Å². The number of hydrogen-bond donors (Lipinski definition) is 1. The SMILES string of the molecule is CCCN(C(=O)CCc1ccc(C(C)C)cc1)C1CCNCC1. The maximum atomic E-state index is 12.7. The molecule has 0 saturated carbocycles. The largest absolute Gasteiger partial charge is 0.340 e. The minimum atomic E-state index is 0.326. The van der Waals surface area contributed by atoms with Crippen molar-refractivity contribution in [1.29, 1.82) is 0 Å².